The van der Waals surface area contributed by atoms with Gasteiger partial charge in [-0.2, -0.15) is 5.10 Å². The molecule has 2 aromatic heterocycles. The molecule has 0 aliphatic carbocycles. The molecule has 0 saturated carbocycles. The Hall–Kier alpha value is -2.56. The van der Waals surface area contributed by atoms with Crippen LogP contribution in [0.25, 0.3) is 11.0 Å². The van der Waals surface area contributed by atoms with E-state index in [1.807, 2.05) is 24.3 Å². The van der Waals surface area contributed by atoms with Crippen molar-refractivity contribution in [2.75, 3.05) is 5.73 Å². The van der Waals surface area contributed by atoms with Gasteiger partial charge in [0.2, 0.25) is 0 Å². The molecule has 0 radical (unpaired) electrons. The molecule has 0 fully saturated rings. The molecule has 0 bridgehead atoms. The van der Waals surface area contributed by atoms with Gasteiger partial charge in [0.15, 0.2) is 0 Å². The summed E-state index contributed by atoms with van der Waals surface area (Å²) < 4.78 is 0. The first-order valence-corrected chi connectivity index (χ1v) is 5.58. The smallest absolute Gasteiger partial charge is 0.149 e. The molecule has 0 aliphatic rings. The van der Waals surface area contributed by atoms with Crippen molar-refractivity contribution in [1.82, 2.24) is 20.2 Å². The number of nitrogens with zero attached hydrogens (tertiary/aromatic N) is 4. The number of hydrogen-bond donors (Lipinski definition) is 1. The molecule has 88 valence electrons. The Morgan fingerprint density at radius 2 is 1.78 bits per heavy atom. The summed E-state index contributed by atoms with van der Waals surface area (Å²) in [6.45, 7) is 0. The number of benzene rings is 1. The summed E-state index contributed by atoms with van der Waals surface area (Å²) in [7, 11) is 0. The number of anilines is 1. The predicted octanol–water partition coefficient (Wildman–Crippen LogP) is 1.59. The van der Waals surface area contributed by atoms with Crippen molar-refractivity contribution >= 4 is 16.9 Å². The molecule has 3 aromatic rings. The zero-order valence-corrected chi connectivity index (χ0v) is 9.61. The van der Waals surface area contributed by atoms with Crippen molar-refractivity contribution in [3.05, 3.63) is 54.0 Å². The van der Waals surface area contributed by atoms with E-state index in [1.165, 1.54) is 0 Å². The average Bonchev–Trinajstić information content (AvgIpc) is 2.41. The first-order chi connectivity index (χ1) is 8.83. The Morgan fingerprint density at radius 3 is 2.61 bits per heavy atom. The predicted molar refractivity (Wildman–Crippen MR) is 68.8 cm³/mol. The van der Waals surface area contributed by atoms with Gasteiger partial charge in [-0.25, -0.2) is 0 Å². The number of nitrogen functional groups attached to an aromatic ring is 1. The molecule has 3 rings (SSSR count). The number of nitrogens with two attached hydrogens (primary N) is 1. The van der Waals surface area contributed by atoms with Gasteiger partial charge in [0, 0.05) is 24.4 Å². The van der Waals surface area contributed by atoms with E-state index in [9.17, 15) is 0 Å². The third-order valence-corrected chi connectivity index (χ3v) is 2.77. The minimum atomic E-state index is 0.469. The van der Waals surface area contributed by atoms with Gasteiger partial charge in [-0.3, -0.25) is 9.97 Å². The lowest BCUT2D eigenvalue weighted by molar-refractivity contribution is 1.01. The minimum absolute atomic E-state index is 0.469. The summed E-state index contributed by atoms with van der Waals surface area (Å²) in [4.78, 5) is 8.52. The summed E-state index contributed by atoms with van der Waals surface area (Å²) in [5.41, 5.74) is 9.65. The first kappa shape index (κ1) is 10.6. The van der Waals surface area contributed by atoms with Crippen molar-refractivity contribution in [2.45, 2.75) is 6.42 Å². The second-order valence-electron chi connectivity index (χ2n) is 4.00. The molecule has 18 heavy (non-hydrogen) atoms. The highest BCUT2D eigenvalue weighted by Gasteiger charge is 2.03. The Bertz CT molecular complexity index is 696. The van der Waals surface area contributed by atoms with Gasteiger partial charge in [-0.15, -0.1) is 5.10 Å². The second kappa shape index (κ2) is 4.37. The summed E-state index contributed by atoms with van der Waals surface area (Å²) >= 11 is 0. The third kappa shape index (κ3) is 1.98. The van der Waals surface area contributed by atoms with Crippen LogP contribution in [0.15, 0.2) is 42.9 Å². The van der Waals surface area contributed by atoms with Crippen LogP contribution in [0.5, 0.6) is 0 Å². The maximum Gasteiger partial charge on any atom is 0.149 e. The normalized spacial score (nSPS) is 10.7. The Morgan fingerprint density at radius 1 is 0.944 bits per heavy atom. The number of rotatable bonds is 2. The number of hydrogen-bond acceptors (Lipinski definition) is 5. The summed E-state index contributed by atoms with van der Waals surface area (Å²) in [6.07, 6.45) is 5.74. The molecule has 2 N–H and O–H groups in total. The molecule has 0 unspecified atom stereocenters. The van der Waals surface area contributed by atoms with Crippen LogP contribution in [-0.2, 0) is 6.42 Å². The lowest BCUT2D eigenvalue weighted by Crippen LogP contribution is -2.00. The van der Waals surface area contributed by atoms with Crippen LogP contribution in [-0.4, -0.2) is 20.2 Å². The number of aromatic nitrogens is 4. The topological polar surface area (TPSA) is 77.6 Å². The van der Waals surface area contributed by atoms with Crippen LogP contribution in [0.1, 0.15) is 11.1 Å². The van der Waals surface area contributed by atoms with E-state index in [4.69, 9.17) is 5.73 Å². The van der Waals surface area contributed by atoms with E-state index < -0.39 is 0 Å². The average molecular weight is 237 g/mol. The first-order valence-electron chi connectivity index (χ1n) is 5.58. The van der Waals surface area contributed by atoms with Crippen molar-refractivity contribution in [3.63, 3.8) is 0 Å². The van der Waals surface area contributed by atoms with Crippen LogP contribution in [0.2, 0.25) is 0 Å². The highest BCUT2D eigenvalue weighted by atomic mass is 15.1. The van der Waals surface area contributed by atoms with E-state index in [0.717, 1.165) is 22.2 Å². The molecule has 0 saturated heterocycles. The SMILES string of the molecule is Nc1nnccc1Cc1ccc2nccnc2c1. The van der Waals surface area contributed by atoms with Gasteiger partial charge in [-0.1, -0.05) is 6.07 Å². The molecular weight excluding hydrogens is 226 g/mol. The monoisotopic (exact) mass is 237 g/mol. The number of fused-ring (bicyclic) bond motifs is 1. The largest absolute Gasteiger partial charge is 0.382 e. The summed E-state index contributed by atoms with van der Waals surface area (Å²) in [5, 5.41) is 7.58. The standard InChI is InChI=1S/C13H11N5/c14-13-10(3-4-17-18-13)7-9-1-2-11-12(8-9)16-6-5-15-11/h1-6,8H,7H2,(H2,14,18). The van der Waals surface area contributed by atoms with E-state index in [0.29, 0.717) is 12.2 Å². The summed E-state index contributed by atoms with van der Waals surface area (Å²) in [5.74, 6) is 0.469. The van der Waals surface area contributed by atoms with Crippen LogP contribution >= 0.6 is 0 Å². The molecule has 1 aromatic carbocycles. The molecule has 0 aliphatic heterocycles. The zero-order valence-electron chi connectivity index (χ0n) is 9.61. The van der Waals surface area contributed by atoms with Crippen molar-refractivity contribution in [1.29, 1.82) is 0 Å². The Kier molecular flexibility index (Phi) is 2.57. The van der Waals surface area contributed by atoms with Crippen molar-refractivity contribution in [2.24, 2.45) is 0 Å². The Labute approximate surface area is 104 Å². The zero-order chi connectivity index (χ0) is 12.4. The minimum Gasteiger partial charge on any atom is -0.382 e. The van der Waals surface area contributed by atoms with Crippen LogP contribution < -0.4 is 5.73 Å². The van der Waals surface area contributed by atoms with Crippen molar-refractivity contribution < 1.29 is 0 Å². The molecule has 0 amide bonds. The van der Waals surface area contributed by atoms with Gasteiger partial charge in [0.25, 0.3) is 0 Å². The van der Waals surface area contributed by atoms with Gasteiger partial charge < -0.3 is 5.73 Å². The lowest BCUT2D eigenvalue weighted by Gasteiger charge is -2.04. The fraction of sp³-hybridized carbons (Fsp3) is 0.0769. The van der Waals surface area contributed by atoms with Gasteiger partial charge >= 0.3 is 0 Å². The highest BCUT2D eigenvalue weighted by Crippen LogP contribution is 2.16. The van der Waals surface area contributed by atoms with E-state index >= 15 is 0 Å². The second-order valence-corrected chi connectivity index (χ2v) is 4.00. The Balaban J connectivity index is 1.98. The van der Waals surface area contributed by atoms with Crippen LogP contribution in [0, 0.1) is 0 Å². The van der Waals surface area contributed by atoms with Gasteiger partial charge in [-0.05, 0) is 23.8 Å². The third-order valence-electron chi connectivity index (χ3n) is 2.77. The van der Waals surface area contributed by atoms with Gasteiger partial charge in [0.05, 0.1) is 17.2 Å². The van der Waals surface area contributed by atoms with E-state index in [-0.39, 0.29) is 0 Å². The molecule has 0 spiro atoms. The molecule has 5 heteroatoms. The summed E-state index contributed by atoms with van der Waals surface area (Å²) in [6, 6.07) is 7.88. The fourth-order valence-corrected chi connectivity index (χ4v) is 1.86. The quantitative estimate of drug-likeness (QED) is 0.732. The highest BCUT2D eigenvalue weighted by molar-refractivity contribution is 5.74. The van der Waals surface area contributed by atoms with Crippen molar-refractivity contribution in [3.8, 4) is 0 Å². The van der Waals surface area contributed by atoms with Crippen LogP contribution in [0.3, 0.4) is 0 Å². The maximum atomic E-state index is 5.78. The van der Waals surface area contributed by atoms with Crippen LogP contribution in [0.4, 0.5) is 5.82 Å². The molecule has 2 heterocycles. The lowest BCUT2D eigenvalue weighted by atomic mass is 10.1. The molecular formula is C13H11N5. The van der Waals surface area contributed by atoms with E-state index in [2.05, 4.69) is 20.2 Å². The fourth-order valence-electron chi connectivity index (χ4n) is 1.86. The van der Waals surface area contributed by atoms with E-state index in [1.54, 1.807) is 18.6 Å². The molecule has 5 nitrogen and oxygen atoms in total. The van der Waals surface area contributed by atoms with Gasteiger partial charge in [0.1, 0.15) is 5.82 Å². The molecule has 0 atom stereocenters. The maximum absolute atomic E-state index is 5.78.